The number of hydrogen-bond donors (Lipinski definition) is 2. The van der Waals surface area contributed by atoms with Gasteiger partial charge in [0.05, 0.1) is 0 Å². The maximum absolute atomic E-state index is 13.4. The number of amides is 2. The molecule has 1 fully saturated rings. The van der Waals surface area contributed by atoms with Crippen molar-refractivity contribution in [2.24, 2.45) is 5.73 Å². The molecule has 0 saturated carbocycles. The fraction of sp³-hybridized carbons (Fsp3) is 0.417. The Morgan fingerprint density at radius 3 is 2.33 bits per heavy atom. The second-order valence-corrected chi connectivity index (χ2v) is 4.34. The number of benzene rings is 1. The molecule has 1 saturated heterocycles. The Morgan fingerprint density at radius 2 is 1.83 bits per heavy atom. The zero-order valence-electron chi connectivity index (χ0n) is 9.83. The molecule has 1 aliphatic rings. The van der Waals surface area contributed by atoms with Gasteiger partial charge in [-0.25, -0.2) is 13.6 Å². The van der Waals surface area contributed by atoms with Crippen LogP contribution < -0.4 is 11.1 Å². The number of rotatable bonds is 2. The maximum Gasteiger partial charge on any atom is 0.314 e. The van der Waals surface area contributed by atoms with Crippen LogP contribution in [0.5, 0.6) is 0 Å². The summed E-state index contributed by atoms with van der Waals surface area (Å²) in [6.45, 7) is 1.01. The summed E-state index contributed by atoms with van der Waals surface area (Å²) in [6, 6.07) is 3.25. The number of anilines is 1. The van der Waals surface area contributed by atoms with Gasteiger partial charge >= 0.3 is 6.03 Å². The Labute approximate surface area is 104 Å². The van der Waals surface area contributed by atoms with Crippen LogP contribution in [-0.4, -0.2) is 30.1 Å². The molecule has 1 aromatic rings. The Bertz CT molecular complexity index is 425. The van der Waals surface area contributed by atoms with Gasteiger partial charge in [0, 0.05) is 19.1 Å². The SMILES string of the molecule is NC(=O)N1CCC(Nc2c(F)cccc2F)CC1. The first-order valence-corrected chi connectivity index (χ1v) is 5.83. The number of primary amides is 1. The maximum atomic E-state index is 13.4. The van der Waals surface area contributed by atoms with Crippen LogP contribution in [0.15, 0.2) is 18.2 Å². The average molecular weight is 255 g/mol. The summed E-state index contributed by atoms with van der Waals surface area (Å²) < 4.78 is 26.8. The summed E-state index contributed by atoms with van der Waals surface area (Å²) in [4.78, 5) is 12.5. The largest absolute Gasteiger partial charge is 0.377 e. The molecule has 18 heavy (non-hydrogen) atoms. The molecule has 0 aliphatic carbocycles. The molecule has 2 rings (SSSR count). The Hall–Kier alpha value is -1.85. The van der Waals surface area contributed by atoms with Crippen LogP contribution >= 0.6 is 0 Å². The van der Waals surface area contributed by atoms with Crippen LogP contribution in [0.4, 0.5) is 19.3 Å². The molecule has 0 bridgehead atoms. The number of halogens is 2. The molecule has 98 valence electrons. The van der Waals surface area contributed by atoms with Crippen LogP contribution in [-0.2, 0) is 0 Å². The molecule has 1 aromatic carbocycles. The molecular formula is C12H15F2N3O. The Balaban J connectivity index is 1.98. The van der Waals surface area contributed by atoms with E-state index in [-0.39, 0.29) is 11.7 Å². The lowest BCUT2D eigenvalue weighted by atomic mass is 10.0. The number of piperidine rings is 1. The smallest absolute Gasteiger partial charge is 0.314 e. The normalized spacial score (nSPS) is 16.7. The van der Waals surface area contributed by atoms with Gasteiger partial charge in [0.2, 0.25) is 0 Å². The van der Waals surface area contributed by atoms with Gasteiger partial charge < -0.3 is 16.0 Å². The number of hydrogen-bond acceptors (Lipinski definition) is 2. The molecule has 0 aromatic heterocycles. The van der Waals surface area contributed by atoms with E-state index >= 15 is 0 Å². The standard InChI is InChI=1S/C12H15F2N3O/c13-9-2-1-3-10(14)11(9)16-8-4-6-17(7-5-8)12(15)18/h1-3,8,16H,4-7H2,(H2,15,18). The lowest BCUT2D eigenvalue weighted by molar-refractivity contribution is 0.193. The highest BCUT2D eigenvalue weighted by Gasteiger charge is 2.22. The van der Waals surface area contributed by atoms with Crippen molar-refractivity contribution < 1.29 is 13.6 Å². The summed E-state index contributed by atoms with van der Waals surface area (Å²) in [5, 5.41) is 2.85. The minimum atomic E-state index is -0.604. The molecule has 0 spiro atoms. The molecule has 1 heterocycles. The summed E-state index contributed by atoms with van der Waals surface area (Å²) >= 11 is 0. The number of para-hydroxylation sites is 1. The van der Waals surface area contributed by atoms with Gasteiger partial charge in [-0.15, -0.1) is 0 Å². The summed E-state index contributed by atoms with van der Waals surface area (Å²) in [5.74, 6) is -1.21. The second-order valence-electron chi connectivity index (χ2n) is 4.34. The van der Waals surface area contributed by atoms with Gasteiger partial charge in [0.1, 0.15) is 17.3 Å². The minimum Gasteiger partial charge on any atom is -0.377 e. The predicted octanol–water partition coefficient (Wildman–Crippen LogP) is 1.92. The van der Waals surface area contributed by atoms with Gasteiger partial charge in [-0.2, -0.15) is 0 Å². The molecule has 3 N–H and O–H groups in total. The van der Waals surface area contributed by atoms with Crippen molar-refractivity contribution in [2.45, 2.75) is 18.9 Å². The van der Waals surface area contributed by atoms with Crippen LogP contribution in [0, 0.1) is 11.6 Å². The molecule has 4 nitrogen and oxygen atoms in total. The van der Waals surface area contributed by atoms with Crippen molar-refractivity contribution in [2.75, 3.05) is 18.4 Å². The van der Waals surface area contributed by atoms with E-state index in [0.29, 0.717) is 25.9 Å². The third-order valence-electron chi connectivity index (χ3n) is 3.12. The zero-order valence-corrected chi connectivity index (χ0v) is 9.83. The average Bonchev–Trinajstić information content (AvgIpc) is 2.34. The van der Waals surface area contributed by atoms with E-state index in [9.17, 15) is 13.6 Å². The van der Waals surface area contributed by atoms with Gasteiger partial charge in [0.15, 0.2) is 0 Å². The van der Waals surface area contributed by atoms with E-state index in [0.717, 1.165) is 0 Å². The fourth-order valence-corrected chi connectivity index (χ4v) is 2.08. The van der Waals surface area contributed by atoms with Crippen LogP contribution in [0.1, 0.15) is 12.8 Å². The fourth-order valence-electron chi connectivity index (χ4n) is 2.08. The lowest BCUT2D eigenvalue weighted by Crippen LogP contribution is -2.44. The first-order valence-electron chi connectivity index (χ1n) is 5.83. The third-order valence-corrected chi connectivity index (χ3v) is 3.12. The van der Waals surface area contributed by atoms with Crippen molar-refractivity contribution in [3.8, 4) is 0 Å². The second kappa shape index (κ2) is 5.20. The van der Waals surface area contributed by atoms with Gasteiger partial charge in [-0.3, -0.25) is 0 Å². The number of nitrogens with zero attached hydrogens (tertiary/aromatic N) is 1. The first kappa shape index (κ1) is 12.6. The first-order chi connectivity index (χ1) is 8.58. The summed E-state index contributed by atoms with van der Waals surface area (Å²) in [6.07, 6.45) is 1.24. The third kappa shape index (κ3) is 2.69. The highest BCUT2D eigenvalue weighted by molar-refractivity contribution is 5.72. The molecular weight excluding hydrogens is 240 g/mol. The van der Waals surface area contributed by atoms with Crippen LogP contribution in [0.3, 0.4) is 0 Å². The molecule has 1 aliphatic heterocycles. The van der Waals surface area contributed by atoms with E-state index in [1.54, 1.807) is 0 Å². The molecule has 6 heteroatoms. The highest BCUT2D eigenvalue weighted by atomic mass is 19.1. The number of urea groups is 1. The quantitative estimate of drug-likeness (QED) is 0.848. The molecule has 0 atom stereocenters. The summed E-state index contributed by atoms with van der Waals surface area (Å²) in [7, 11) is 0. The number of carbonyl (C=O) groups is 1. The van der Waals surface area contributed by atoms with Crippen molar-refractivity contribution in [3.05, 3.63) is 29.8 Å². The monoisotopic (exact) mass is 255 g/mol. The predicted molar refractivity (Wildman–Crippen MR) is 64.2 cm³/mol. The highest BCUT2D eigenvalue weighted by Crippen LogP contribution is 2.22. The lowest BCUT2D eigenvalue weighted by Gasteiger charge is -2.31. The van der Waals surface area contributed by atoms with E-state index in [4.69, 9.17) is 5.73 Å². The Kier molecular flexibility index (Phi) is 3.64. The zero-order chi connectivity index (χ0) is 13.1. The van der Waals surface area contributed by atoms with Crippen LogP contribution in [0.2, 0.25) is 0 Å². The number of nitrogens with one attached hydrogen (secondary N) is 1. The van der Waals surface area contributed by atoms with Gasteiger partial charge in [-0.1, -0.05) is 6.07 Å². The number of likely N-dealkylation sites (tertiary alicyclic amines) is 1. The van der Waals surface area contributed by atoms with Crippen molar-refractivity contribution in [1.29, 1.82) is 0 Å². The minimum absolute atomic E-state index is 0.0491. The van der Waals surface area contributed by atoms with Gasteiger partial charge in [0.25, 0.3) is 0 Å². The number of nitrogens with two attached hydrogens (primary N) is 1. The number of carbonyl (C=O) groups excluding carboxylic acids is 1. The van der Waals surface area contributed by atoms with E-state index < -0.39 is 17.7 Å². The molecule has 0 radical (unpaired) electrons. The van der Waals surface area contributed by atoms with E-state index in [1.807, 2.05) is 0 Å². The topological polar surface area (TPSA) is 58.4 Å². The molecule has 0 unspecified atom stereocenters. The van der Waals surface area contributed by atoms with E-state index in [2.05, 4.69) is 5.32 Å². The van der Waals surface area contributed by atoms with Crippen LogP contribution in [0.25, 0.3) is 0 Å². The van der Waals surface area contributed by atoms with Gasteiger partial charge in [-0.05, 0) is 25.0 Å². The van der Waals surface area contributed by atoms with E-state index in [1.165, 1.54) is 23.1 Å². The van der Waals surface area contributed by atoms with Crippen molar-refractivity contribution in [3.63, 3.8) is 0 Å². The Morgan fingerprint density at radius 1 is 1.28 bits per heavy atom. The molecule has 2 amide bonds. The summed E-state index contributed by atoms with van der Waals surface area (Å²) in [5.41, 5.74) is 5.06. The van der Waals surface area contributed by atoms with Crippen molar-refractivity contribution in [1.82, 2.24) is 4.90 Å². The van der Waals surface area contributed by atoms with Crippen molar-refractivity contribution >= 4 is 11.7 Å².